The van der Waals surface area contributed by atoms with Crippen LogP contribution in [0.1, 0.15) is 18.1 Å². The van der Waals surface area contributed by atoms with Gasteiger partial charge in [-0.05, 0) is 32.0 Å². The van der Waals surface area contributed by atoms with Crippen LogP contribution in [-0.4, -0.2) is 11.7 Å². The maximum absolute atomic E-state index is 10.7. The summed E-state index contributed by atoms with van der Waals surface area (Å²) in [5, 5.41) is 0. The first kappa shape index (κ1) is 10.4. The van der Waals surface area contributed by atoms with Crippen LogP contribution < -0.4 is 0 Å². The van der Waals surface area contributed by atoms with Crippen LogP contribution >= 0.6 is 8.58 Å². The molecule has 0 fully saturated rings. The smallest absolute Gasteiger partial charge is 0.148 e. The molecule has 1 aromatic carbocycles. The third-order valence-corrected chi connectivity index (χ3v) is 2.87. The Hall–Kier alpha value is -0.680. The van der Waals surface area contributed by atoms with Gasteiger partial charge < -0.3 is 0 Å². The number of benzene rings is 1. The van der Waals surface area contributed by atoms with E-state index in [9.17, 15) is 4.79 Å². The first-order chi connectivity index (χ1) is 6.18. The molecule has 0 aromatic heterocycles. The lowest BCUT2D eigenvalue weighted by atomic mass is 10.1. The third-order valence-electron chi connectivity index (χ3n) is 1.87. The van der Waals surface area contributed by atoms with Gasteiger partial charge in [0.1, 0.15) is 5.52 Å². The van der Waals surface area contributed by atoms with E-state index in [2.05, 4.69) is 31.2 Å². The van der Waals surface area contributed by atoms with Crippen LogP contribution in [0.3, 0.4) is 0 Å². The maximum Gasteiger partial charge on any atom is 0.148 e. The van der Waals surface area contributed by atoms with Crippen molar-refractivity contribution in [3.63, 3.8) is 0 Å². The van der Waals surface area contributed by atoms with Crippen molar-refractivity contribution in [3.8, 4) is 0 Å². The van der Waals surface area contributed by atoms with E-state index in [1.54, 1.807) is 6.92 Å². The van der Waals surface area contributed by atoms with Crippen molar-refractivity contribution in [2.75, 3.05) is 6.16 Å². The Morgan fingerprint density at radius 3 is 2.85 bits per heavy atom. The molecular weight excluding hydrogens is 179 g/mol. The van der Waals surface area contributed by atoms with Crippen LogP contribution in [0.2, 0.25) is 0 Å². The van der Waals surface area contributed by atoms with Gasteiger partial charge in [0.05, 0.1) is 0 Å². The van der Waals surface area contributed by atoms with Crippen LogP contribution in [0.25, 0.3) is 0 Å². The van der Waals surface area contributed by atoms with E-state index in [-0.39, 0.29) is 0 Å². The zero-order chi connectivity index (χ0) is 9.68. The van der Waals surface area contributed by atoms with Crippen molar-refractivity contribution in [3.05, 3.63) is 35.4 Å². The summed E-state index contributed by atoms with van der Waals surface area (Å²) in [5.74, 6) is 0. The molecule has 0 saturated heterocycles. The SMILES string of the molecule is CC(=O)PCCc1cccc(C)c1. The average molecular weight is 194 g/mol. The van der Waals surface area contributed by atoms with Crippen molar-refractivity contribution in [2.45, 2.75) is 20.3 Å². The molecule has 0 aliphatic carbocycles. The Balaban J connectivity index is 2.41. The van der Waals surface area contributed by atoms with Gasteiger partial charge in [0.2, 0.25) is 0 Å². The van der Waals surface area contributed by atoms with Gasteiger partial charge in [0.15, 0.2) is 0 Å². The maximum atomic E-state index is 10.7. The summed E-state index contributed by atoms with van der Waals surface area (Å²) in [7, 11) is 0.472. The van der Waals surface area contributed by atoms with Gasteiger partial charge in [0.25, 0.3) is 0 Å². The molecule has 1 aromatic rings. The summed E-state index contributed by atoms with van der Waals surface area (Å²) in [6, 6.07) is 8.47. The van der Waals surface area contributed by atoms with Gasteiger partial charge in [-0.2, -0.15) is 0 Å². The summed E-state index contributed by atoms with van der Waals surface area (Å²) in [6.45, 7) is 3.76. The van der Waals surface area contributed by atoms with Gasteiger partial charge >= 0.3 is 0 Å². The Bertz CT molecular complexity index is 294. The zero-order valence-electron chi connectivity index (χ0n) is 8.13. The molecule has 0 amide bonds. The summed E-state index contributed by atoms with van der Waals surface area (Å²) in [4.78, 5) is 10.7. The van der Waals surface area contributed by atoms with Gasteiger partial charge in [-0.3, -0.25) is 4.79 Å². The summed E-state index contributed by atoms with van der Waals surface area (Å²) in [6.07, 6.45) is 2.03. The number of carbonyl (C=O) groups excluding carboxylic acids is 1. The fourth-order valence-electron chi connectivity index (χ4n) is 1.25. The van der Waals surface area contributed by atoms with E-state index in [1.807, 2.05) is 0 Å². The predicted molar refractivity (Wildman–Crippen MR) is 58.7 cm³/mol. The fourth-order valence-corrected chi connectivity index (χ4v) is 2.02. The zero-order valence-corrected chi connectivity index (χ0v) is 9.13. The van der Waals surface area contributed by atoms with E-state index in [0.717, 1.165) is 12.6 Å². The molecule has 0 radical (unpaired) electrons. The highest BCUT2D eigenvalue weighted by atomic mass is 31.1. The van der Waals surface area contributed by atoms with Crippen LogP contribution in [0.4, 0.5) is 0 Å². The van der Waals surface area contributed by atoms with Crippen LogP contribution in [-0.2, 0) is 11.2 Å². The van der Waals surface area contributed by atoms with Crippen molar-refractivity contribution >= 4 is 14.1 Å². The number of rotatable bonds is 4. The number of carbonyl (C=O) groups is 1. The molecular formula is C11H15OP. The second-order valence-corrected chi connectivity index (χ2v) is 4.78. The molecule has 1 nitrogen and oxygen atoms in total. The van der Waals surface area contributed by atoms with Crippen molar-refractivity contribution in [2.24, 2.45) is 0 Å². The molecule has 1 unspecified atom stereocenters. The lowest BCUT2D eigenvalue weighted by molar-refractivity contribution is -0.109. The summed E-state index contributed by atoms with van der Waals surface area (Å²) >= 11 is 0. The van der Waals surface area contributed by atoms with Gasteiger partial charge in [-0.1, -0.05) is 38.4 Å². The second kappa shape index (κ2) is 5.14. The van der Waals surface area contributed by atoms with E-state index in [4.69, 9.17) is 0 Å². The molecule has 0 heterocycles. The first-order valence-electron chi connectivity index (χ1n) is 4.48. The van der Waals surface area contributed by atoms with E-state index < -0.39 is 0 Å². The lowest BCUT2D eigenvalue weighted by Crippen LogP contribution is -1.90. The molecule has 0 bridgehead atoms. The Kier molecular flexibility index (Phi) is 4.11. The second-order valence-electron chi connectivity index (χ2n) is 3.22. The summed E-state index contributed by atoms with van der Waals surface area (Å²) < 4.78 is 0. The molecule has 1 rings (SSSR count). The number of hydrogen-bond donors (Lipinski definition) is 0. The topological polar surface area (TPSA) is 17.1 Å². The molecule has 0 spiro atoms. The quantitative estimate of drug-likeness (QED) is 0.673. The largest absolute Gasteiger partial charge is 0.295 e. The van der Waals surface area contributed by atoms with Crippen molar-refractivity contribution < 1.29 is 4.79 Å². The molecule has 0 N–H and O–H groups in total. The number of hydrogen-bond acceptors (Lipinski definition) is 1. The fraction of sp³-hybridized carbons (Fsp3) is 0.364. The van der Waals surface area contributed by atoms with Gasteiger partial charge in [-0.25, -0.2) is 0 Å². The Morgan fingerprint density at radius 2 is 2.23 bits per heavy atom. The molecule has 1 atom stereocenters. The average Bonchev–Trinajstić information content (AvgIpc) is 2.03. The molecule has 13 heavy (non-hydrogen) atoms. The first-order valence-corrected chi connectivity index (χ1v) is 5.69. The van der Waals surface area contributed by atoms with Crippen LogP contribution in [0, 0.1) is 6.92 Å². The molecule has 70 valence electrons. The minimum atomic E-state index is 0.313. The third kappa shape index (κ3) is 4.19. The van der Waals surface area contributed by atoms with Crippen molar-refractivity contribution in [1.82, 2.24) is 0 Å². The summed E-state index contributed by atoms with van der Waals surface area (Å²) in [5.41, 5.74) is 2.95. The molecule has 0 aliphatic heterocycles. The van der Waals surface area contributed by atoms with E-state index in [1.165, 1.54) is 11.1 Å². The lowest BCUT2D eigenvalue weighted by Gasteiger charge is -2.00. The highest BCUT2D eigenvalue weighted by Crippen LogP contribution is 2.14. The minimum absolute atomic E-state index is 0.313. The standard InChI is InChI=1S/C11H15OP/c1-9-4-3-5-11(8-9)6-7-13-10(2)12/h3-5,8,13H,6-7H2,1-2H3. The highest BCUT2D eigenvalue weighted by Gasteiger charge is 1.95. The predicted octanol–water partition coefficient (Wildman–Crippen LogP) is 2.76. The molecule has 0 saturated carbocycles. The Morgan fingerprint density at radius 1 is 1.46 bits per heavy atom. The molecule has 0 aliphatic rings. The minimum Gasteiger partial charge on any atom is -0.295 e. The van der Waals surface area contributed by atoms with Crippen LogP contribution in [0.15, 0.2) is 24.3 Å². The Labute approximate surface area is 81.3 Å². The highest BCUT2D eigenvalue weighted by molar-refractivity contribution is 7.57. The van der Waals surface area contributed by atoms with Gasteiger partial charge in [0, 0.05) is 0 Å². The van der Waals surface area contributed by atoms with E-state index >= 15 is 0 Å². The van der Waals surface area contributed by atoms with Crippen LogP contribution in [0.5, 0.6) is 0 Å². The van der Waals surface area contributed by atoms with Crippen molar-refractivity contribution in [1.29, 1.82) is 0 Å². The monoisotopic (exact) mass is 194 g/mol. The number of aryl methyl sites for hydroxylation is 2. The van der Waals surface area contributed by atoms with E-state index in [0.29, 0.717) is 14.1 Å². The van der Waals surface area contributed by atoms with Gasteiger partial charge in [-0.15, -0.1) is 0 Å². The molecule has 2 heteroatoms. The normalized spacial score (nSPS) is 10.9.